The number of nitrogens with one attached hydrogen (secondary N) is 1. The fraction of sp³-hybridized carbons (Fsp3) is 0.360. The van der Waals surface area contributed by atoms with Crippen LogP contribution in [-0.4, -0.2) is 52.5 Å². The molecule has 3 aromatic rings. The molecule has 1 saturated heterocycles. The molecule has 1 aliphatic heterocycles. The first kappa shape index (κ1) is 26.3. The van der Waals surface area contributed by atoms with Gasteiger partial charge in [-0.15, -0.1) is 0 Å². The van der Waals surface area contributed by atoms with Crippen LogP contribution >= 0.6 is 0 Å². The van der Waals surface area contributed by atoms with Gasteiger partial charge >= 0.3 is 0 Å². The van der Waals surface area contributed by atoms with Crippen molar-refractivity contribution in [3.8, 4) is 17.3 Å². The number of nitro groups is 1. The Kier molecular flexibility index (Phi) is 7.60. The number of aromatic nitrogens is 2. The number of amides is 1. The van der Waals surface area contributed by atoms with Gasteiger partial charge in [0.2, 0.25) is 15.9 Å². The topological polar surface area (TPSA) is 137 Å². The van der Waals surface area contributed by atoms with E-state index in [0.717, 1.165) is 12.5 Å². The maximum atomic E-state index is 13.5. The number of hydrogen-bond donors (Lipinski definition) is 1. The third-order valence-electron chi connectivity index (χ3n) is 6.30. The van der Waals surface area contributed by atoms with Gasteiger partial charge in [-0.3, -0.25) is 14.9 Å². The summed E-state index contributed by atoms with van der Waals surface area (Å²) < 4.78 is 35.8. The predicted octanol–water partition coefficient (Wildman–Crippen LogP) is 4.19. The minimum absolute atomic E-state index is 0.0787. The lowest BCUT2D eigenvalue weighted by atomic mass is 10.2. The first-order valence-electron chi connectivity index (χ1n) is 12.1. The molecule has 1 atom stereocenters. The summed E-state index contributed by atoms with van der Waals surface area (Å²) in [5.41, 5.74) is 0.749. The maximum absolute atomic E-state index is 13.5. The summed E-state index contributed by atoms with van der Waals surface area (Å²) in [5, 5.41) is 18.8. The van der Waals surface area contributed by atoms with Crippen LogP contribution in [0, 0.1) is 17.0 Å². The van der Waals surface area contributed by atoms with Crippen LogP contribution in [0.2, 0.25) is 0 Å². The van der Waals surface area contributed by atoms with E-state index < -0.39 is 14.9 Å². The Morgan fingerprint density at radius 1 is 1.19 bits per heavy atom. The van der Waals surface area contributed by atoms with E-state index in [4.69, 9.17) is 4.74 Å². The Bertz CT molecular complexity index is 1410. The molecule has 37 heavy (non-hydrogen) atoms. The van der Waals surface area contributed by atoms with Crippen LogP contribution in [0.5, 0.6) is 11.6 Å². The third-order valence-corrected chi connectivity index (χ3v) is 8.22. The molecule has 11 nitrogen and oxygen atoms in total. The van der Waals surface area contributed by atoms with Gasteiger partial charge < -0.3 is 10.1 Å². The Labute approximate surface area is 215 Å². The minimum atomic E-state index is -4.07. The fourth-order valence-electron chi connectivity index (χ4n) is 4.02. The Balaban J connectivity index is 1.85. The third kappa shape index (κ3) is 5.35. The highest BCUT2D eigenvalue weighted by molar-refractivity contribution is 7.89. The molecule has 1 aliphatic rings. The quantitative estimate of drug-likeness (QED) is 0.325. The van der Waals surface area contributed by atoms with Crippen molar-refractivity contribution in [2.24, 2.45) is 0 Å². The van der Waals surface area contributed by atoms with Gasteiger partial charge in [-0.1, -0.05) is 25.1 Å². The number of para-hydroxylation sites is 1. The number of benzene rings is 2. The van der Waals surface area contributed by atoms with Crippen LogP contribution in [0.25, 0.3) is 5.69 Å². The van der Waals surface area contributed by atoms with Crippen molar-refractivity contribution in [3.63, 3.8) is 0 Å². The molecular formula is C25H29N5O6S. The highest BCUT2D eigenvalue weighted by Crippen LogP contribution is 2.37. The largest absolute Gasteiger partial charge is 0.437 e. The average Bonchev–Trinajstić information content (AvgIpc) is 3.54. The van der Waals surface area contributed by atoms with Gasteiger partial charge in [0.25, 0.3) is 11.6 Å². The molecule has 0 spiro atoms. The van der Waals surface area contributed by atoms with Crippen LogP contribution in [0.3, 0.4) is 0 Å². The molecule has 0 unspecified atom stereocenters. The highest BCUT2D eigenvalue weighted by atomic mass is 32.2. The van der Waals surface area contributed by atoms with Gasteiger partial charge in [0.15, 0.2) is 5.69 Å². The fourth-order valence-corrected chi connectivity index (χ4v) is 5.67. The molecule has 12 heteroatoms. The molecule has 4 rings (SSSR count). The van der Waals surface area contributed by atoms with E-state index in [9.17, 15) is 23.3 Å². The minimum Gasteiger partial charge on any atom is -0.437 e. The van der Waals surface area contributed by atoms with Crippen LogP contribution in [0.15, 0.2) is 53.4 Å². The number of hydrogen-bond acceptors (Lipinski definition) is 7. The predicted molar refractivity (Wildman–Crippen MR) is 137 cm³/mol. The van der Waals surface area contributed by atoms with Gasteiger partial charge in [-0.05, 0) is 51.3 Å². The zero-order valence-electron chi connectivity index (χ0n) is 20.9. The van der Waals surface area contributed by atoms with E-state index in [1.807, 2.05) is 19.9 Å². The SMILES string of the molecule is CC[C@H](C)NC(=O)c1nn(-c2ccccc2)c(Oc2ccc([N+](=O)[O-])cc2S(=O)(=O)N2CCCC2)c1C. The molecule has 0 aliphatic carbocycles. The highest BCUT2D eigenvalue weighted by Gasteiger charge is 2.33. The van der Waals surface area contributed by atoms with E-state index in [1.165, 1.54) is 21.1 Å². The van der Waals surface area contributed by atoms with Crippen LogP contribution in [0.4, 0.5) is 5.69 Å². The van der Waals surface area contributed by atoms with Crippen molar-refractivity contribution in [1.29, 1.82) is 0 Å². The number of nitro benzene ring substituents is 1. The summed E-state index contributed by atoms with van der Waals surface area (Å²) in [5.74, 6) is -0.348. The molecule has 1 fully saturated rings. The zero-order chi connectivity index (χ0) is 26.7. The molecule has 2 heterocycles. The molecule has 2 aromatic carbocycles. The molecule has 1 amide bonds. The number of carbonyl (C=O) groups excluding carboxylic acids is 1. The lowest BCUT2D eigenvalue weighted by molar-refractivity contribution is -0.385. The monoisotopic (exact) mass is 527 g/mol. The maximum Gasteiger partial charge on any atom is 0.272 e. The number of sulfonamides is 1. The summed E-state index contributed by atoms with van der Waals surface area (Å²) in [6.45, 7) is 6.14. The lowest BCUT2D eigenvalue weighted by Gasteiger charge is -2.18. The standard InChI is InChI=1S/C25H29N5O6S/c1-4-17(2)26-24(31)23-18(3)25(29(27-23)19-10-6-5-7-11-19)36-21-13-12-20(30(32)33)16-22(21)37(34,35)28-14-8-9-15-28/h5-7,10-13,16-17H,4,8-9,14-15H2,1-3H3,(H,26,31)/t17-/m0/s1. The van der Waals surface area contributed by atoms with Crippen molar-refractivity contribution in [1.82, 2.24) is 19.4 Å². The second kappa shape index (κ2) is 10.7. The summed E-state index contributed by atoms with van der Waals surface area (Å²) in [6.07, 6.45) is 2.14. The Morgan fingerprint density at radius 3 is 2.49 bits per heavy atom. The Morgan fingerprint density at radius 2 is 1.86 bits per heavy atom. The average molecular weight is 528 g/mol. The van der Waals surface area contributed by atoms with E-state index in [0.29, 0.717) is 37.2 Å². The zero-order valence-corrected chi connectivity index (χ0v) is 21.7. The second-order valence-electron chi connectivity index (χ2n) is 8.91. The first-order chi connectivity index (χ1) is 17.6. The van der Waals surface area contributed by atoms with Crippen LogP contribution in [-0.2, 0) is 10.0 Å². The van der Waals surface area contributed by atoms with Gasteiger partial charge in [-0.2, -0.15) is 14.1 Å². The number of carbonyl (C=O) groups is 1. The van der Waals surface area contributed by atoms with Crippen molar-refractivity contribution < 1.29 is 22.9 Å². The second-order valence-corrected chi connectivity index (χ2v) is 10.8. The van der Waals surface area contributed by atoms with E-state index in [1.54, 1.807) is 31.2 Å². The number of nitrogens with zero attached hydrogens (tertiary/aromatic N) is 4. The molecule has 1 N–H and O–H groups in total. The summed E-state index contributed by atoms with van der Waals surface area (Å²) >= 11 is 0. The first-order valence-corrected chi connectivity index (χ1v) is 13.5. The normalized spacial score (nSPS) is 14.9. The summed E-state index contributed by atoms with van der Waals surface area (Å²) in [7, 11) is -4.07. The lowest BCUT2D eigenvalue weighted by Crippen LogP contribution is -2.32. The van der Waals surface area contributed by atoms with Gasteiger partial charge in [0.05, 0.1) is 10.6 Å². The van der Waals surface area contributed by atoms with Crippen molar-refractivity contribution in [3.05, 3.63) is 69.9 Å². The van der Waals surface area contributed by atoms with Crippen molar-refractivity contribution >= 4 is 21.6 Å². The molecular weight excluding hydrogens is 498 g/mol. The summed E-state index contributed by atoms with van der Waals surface area (Å²) in [4.78, 5) is 23.5. The van der Waals surface area contributed by atoms with Gasteiger partial charge in [0, 0.05) is 36.8 Å². The van der Waals surface area contributed by atoms with Gasteiger partial charge in [-0.25, -0.2) is 8.42 Å². The van der Waals surface area contributed by atoms with Crippen molar-refractivity contribution in [2.75, 3.05) is 13.1 Å². The molecule has 196 valence electrons. The number of rotatable bonds is 9. The molecule has 0 saturated carbocycles. The van der Waals surface area contributed by atoms with Crippen molar-refractivity contribution in [2.45, 2.75) is 51.0 Å². The number of non-ortho nitro benzene ring substituents is 1. The number of ether oxygens (including phenoxy) is 1. The van der Waals surface area contributed by atoms with E-state index in [-0.39, 0.29) is 39.9 Å². The van der Waals surface area contributed by atoms with Crippen LogP contribution < -0.4 is 10.1 Å². The Hall–Kier alpha value is -3.77. The molecule has 0 bridgehead atoms. The van der Waals surface area contributed by atoms with Gasteiger partial charge in [0.1, 0.15) is 10.6 Å². The smallest absolute Gasteiger partial charge is 0.272 e. The van der Waals surface area contributed by atoms with Crippen LogP contribution in [0.1, 0.15) is 49.2 Å². The molecule has 1 aromatic heterocycles. The molecule has 0 radical (unpaired) electrons. The van der Waals surface area contributed by atoms with E-state index >= 15 is 0 Å². The summed E-state index contributed by atoms with van der Waals surface area (Å²) in [6, 6.07) is 12.3. The van der Waals surface area contributed by atoms with E-state index in [2.05, 4.69) is 10.4 Å².